The summed E-state index contributed by atoms with van der Waals surface area (Å²) in [4.78, 5) is 2.52. The number of hydrogen-bond acceptors (Lipinski definition) is 4. The standard InChI is InChI=1S/C11H23NO2S/c1-15-10-2-5-12-6-3-11(4-7-12)14-9-8-13/h11,13H,2-10H2,1H3. The molecule has 0 amide bonds. The van der Waals surface area contributed by atoms with E-state index in [1.54, 1.807) is 0 Å². The minimum Gasteiger partial charge on any atom is -0.394 e. The maximum atomic E-state index is 8.65. The number of ether oxygens (including phenoxy) is 1. The molecule has 1 saturated heterocycles. The lowest BCUT2D eigenvalue weighted by molar-refractivity contribution is -0.00758. The van der Waals surface area contributed by atoms with Crippen LogP contribution in [0.3, 0.4) is 0 Å². The molecule has 0 radical (unpaired) electrons. The molecule has 1 aliphatic rings. The molecule has 1 fully saturated rings. The zero-order valence-corrected chi connectivity index (χ0v) is 10.5. The van der Waals surface area contributed by atoms with Gasteiger partial charge in [0.05, 0.1) is 19.3 Å². The Morgan fingerprint density at radius 1 is 1.40 bits per heavy atom. The van der Waals surface area contributed by atoms with Gasteiger partial charge in [-0.25, -0.2) is 0 Å². The van der Waals surface area contributed by atoms with Crippen LogP contribution < -0.4 is 0 Å². The molecule has 15 heavy (non-hydrogen) atoms. The first kappa shape index (κ1) is 13.3. The number of piperidine rings is 1. The fourth-order valence-electron chi connectivity index (χ4n) is 1.95. The molecule has 0 bridgehead atoms. The zero-order chi connectivity index (χ0) is 10.9. The number of likely N-dealkylation sites (tertiary alicyclic amines) is 1. The Kier molecular flexibility index (Phi) is 7.44. The van der Waals surface area contributed by atoms with Gasteiger partial charge in [-0.05, 0) is 37.8 Å². The van der Waals surface area contributed by atoms with Gasteiger partial charge in [0.1, 0.15) is 0 Å². The van der Waals surface area contributed by atoms with Gasteiger partial charge in [-0.2, -0.15) is 11.8 Å². The van der Waals surface area contributed by atoms with Crippen LogP contribution in [0.2, 0.25) is 0 Å². The van der Waals surface area contributed by atoms with E-state index in [1.165, 1.54) is 18.7 Å². The van der Waals surface area contributed by atoms with Crippen molar-refractivity contribution in [1.29, 1.82) is 0 Å². The average molecular weight is 233 g/mol. The molecule has 0 aromatic rings. The van der Waals surface area contributed by atoms with Crippen molar-refractivity contribution in [3.63, 3.8) is 0 Å². The summed E-state index contributed by atoms with van der Waals surface area (Å²) in [6.07, 6.45) is 6.09. The van der Waals surface area contributed by atoms with Crippen molar-refractivity contribution in [2.75, 3.05) is 44.9 Å². The highest BCUT2D eigenvalue weighted by molar-refractivity contribution is 7.98. The van der Waals surface area contributed by atoms with Gasteiger partial charge in [-0.15, -0.1) is 0 Å². The summed E-state index contributed by atoms with van der Waals surface area (Å²) < 4.78 is 5.53. The van der Waals surface area contributed by atoms with Crippen LogP contribution in [0.5, 0.6) is 0 Å². The highest BCUT2D eigenvalue weighted by atomic mass is 32.2. The molecule has 1 N–H and O–H groups in total. The minimum absolute atomic E-state index is 0.147. The van der Waals surface area contributed by atoms with E-state index >= 15 is 0 Å². The lowest BCUT2D eigenvalue weighted by Crippen LogP contribution is -2.38. The van der Waals surface area contributed by atoms with Gasteiger partial charge >= 0.3 is 0 Å². The Hall–Kier alpha value is 0.230. The first-order valence-electron chi connectivity index (χ1n) is 5.80. The quantitative estimate of drug-likeness (QED) is 0.670. The van der Waals surface area contributed by atoms with Crippen molar-refractivity contribution < 1.29 is 9.84 Å². The molecule has 1 aliphatic heterocycles. The van der Waals surface area contributed by atoms with Crippen molar-refractivity contribution in [3.8, 4) is 0 Å². The molecule has 1 rings (SSSR count). The van der Waals surface area contributed by atoms with Crippen LogP contribution in [0, 0.1) is 0 Å². The molecule has 0 saturated carbocycles. The molecule has 0 aliphatic carbocycles. The number of nitrogens with zero attached hydrogens (tertiary/aromatic N) is 1. The van der Waals surface area contributed by atoms with Crippen molar-refractivity contribution in [2.24, 2.45) is 0 Å². The van der Waals surface area contributed by atoms with Gasteiger partial charge in [-0.1, -0.05) is 0 Å². The predicted octanol–water partition coefficient (Wildman–Crippen LogP) is 1.21. The number of rotatable bonds is 7. The lowest BCUT2D eigenvalue weighted by atomic mass is 10.1. The third kappa shape index (κ3) is 5.76. The van der Waals surface area contributed by atoms with Gasteiger partial charge < -0.3 is 14.7 Å². The van der Waals surface area contributed by atoms with Crippen LogP contribution in [-0.4, -0.2) is 61.0 Å². The van der Waals surface area contributed by atoms with Crippen LogP contribution in [0.25, 0.3) is 0 Å². The second-order valence-corrected chi connectivity index (χ2v) is 4.97. The fraction of sp³-hybridized carbons (Fsp3) is 1.00. The molecule has 1 heterocycles. The van der Waals surface area contributed by atoms with Gasteiger partial charge in [0, 0.05) is 13.1 Å². The van der Waals surface area contributed by atoms with Crippen molar-refractivity contribution in [3.05, 3.63) is 0 Å². The topological polar surface area (TPSA) is 32.7 Å². The largest absolute Gasteiger partial charge is 0.394 e. The number of hydrogen-bond donors (Lipinski definition) is 1. The Morgan fingerprint density at radius 3 is 2.73 bits per heavy atom. The number of aliphatic hydroxyl groups is 1. The molecule has 4 heteroatoms. The summed E-state index contributed by atoms with van der Waals surface area (Å²) >= 11 is 1.92. The molecule has 0 atom stereocenters. The summed E-state index contributed by atoms with van der Waals surface area (Å²) in [7, 11) is 0. The normalized spacial score (nSPS) is 19.6. The van der Waals surface area contributed by atoms with Crippen LogP contribution in [0.4, 0.5) is 0 Å². The summed E-state index contributed by atoms with van der Waals surface area (Å²) in [5, 5.41) is 8.65. The average Bonchev–Trinajstić information content (AvgIpc) is 2.28. The van der Waals surface area contributed by atoms with Gasteiger partial charge in [0.15, 0.2) is 0 Å². The summed E-state index contributed by atoms with van der Waals surface area (Å²) in [6.45, 7) is 4.19. The Labute approximate surface area is 97.2 Å². The monoisotopic (exact) mass is 233 g/mol. The van der Waals surface area contributed by atoms with Crippen LogP contribution in [-0.2, 0) is 4.74 Å². The van der Waals surface area contributed by atoms with E-state index in [0.717, 1.165) is 25.9 Å². The summed E-state index contributed by atoms with van der Waals surface area (Å²) in [5.74, 6) is 1.26. The zero-order valence-electron chi connectivity index (χ0n) is 9.65. The van der Waals surface area contributed by atoms with Crippen molar-refractivity contribution in [2.45, 2.75) is 25.4 Å². The van der Waals surface area contributed by atoms with Crippen molar-refractivity contribution in [1.82, 2.24) is 4.90 Å². The molecule has 0 aromatic carbocycles. The van der Waals surface area contributed by atoms with Gasteiger partial charge in [0.25, 0.3) is 0 Å². The fourth-order valence-corrected chi connectivity index (χ4v) is 2.37. The van der Waals surface area contributed by atoms with E-state index in [9.17, 15) is 0 Å². The summed E-state index contributed by atoms with van der Waals surface area (Å²) in [5.41, 5.74) is 0. The smallest absolute Gasteiger partial charge is 0.0701 e. The first-order valence-corrected chi connectivity index (χ1v) is 7.20. The molecule has 3 nitrogen and oxygen atoms in total. The van der Waals surface area contributed by atoms with Crippen LogP contribution in [0.15, 0.2) is 0 Å². The van der Waals surface area contributed by atoms with Gasteiger partial charge in [0.2, 0.25) is 0 Å². The van der Waals surface area contributed by atoms with E-state index in [2.05, 4.69) is 11.2 Å². The van der Waals surface area contributed by atoms with Crippen LogP contribution >= 0.6 is 11.8 Å². The third-order valence-electron chi connectivity index (χ3n) is 2.80. The highest BCUT2D eigenvalue weighted by Crippen LogP contribution is 2.14. The van der Waals surface area contributed by atoms with Crippen molar-refractivity contribution >= 4 is 11.8 Å². The molecule has 0 unspecified atom stereocenters. The lowest BCUT2D eigenvalue weighted by Gasteiger charge is -2.31. The summed E-state index contributed by atoms with van der Waals surface area (Å²) in [6, 6.07) is 0. The number of aliphatic hydroxyl groups excluding tert-OH is 1. The van der Waals surface area contributed by atoms with Gasteiger partial charge in [-0.3, -0.25) is 0 Å². The Bertz CT molecular complexity index is 150. The third-order valence-corrected chi connectivity index (χ3v) is 3.50. The van der Waals surface area contributed by atoms with Crippen LogP contribution in [0.1, 0.15) is 19.3 Å². The second kappa shape index (κ2) is 8.39. The predicted molar refractivity (Wildman–Crippen MR) is 65.5 cm³/mol. The minimum atomic E-state index is 0.147. The molecular weight excluding hydrogens is 210 g/mol. The molecule has 0 aromatic heterocycles. The molecular formula is C11H23NO2S. The molecule has 0 spiro atoms. The number of thioether (sulfide) groups is 1. The Balaban J connectivity index is 2.02. The van der Waals surface area contributed by atoms with E-state index in [-0.39, 0.29) is 6.61 Å². The Morgan fingerprint density at radius 2 is 2.13 bits per heavy atom. The molecule has 90 valence electrons. The second-order valence-electron chi connectivity index (χ2n) is 3.98. The SMILES string of the molecule is CSCCCN1CCC(OCCO)CC1. The maximum Gasteiger partial charge on any atom is 0.0701 e. The van der Waals surface area contributed by atoms with E-state index in [4.69, 9.17) is 9.84 Å². The van der Waals surface area contributed by atoms with E-state index < -0.39 is 0 Å². The highest BCUT2D eigenvalue weighted by Gasteiger charge is 2.18. The van der Waals surface area contributed by atoms with E-state index in [1.807, 2.05) is 11.8 Å². The van der Waals surface area contributed by atoms with E-state index in [0.29, 0.717) is 12.7 Å². The maximum absolute atomic E-state index is 8.65. The first-order chi connectivity index (χ1) is 7.36.